The van der Waals surface area contributed by atoms with Gasteiger partial charge in [-0.1, -0.05) is 43.3 Å². The average molecular weight is 554 g/mol. The molecule has 1 fully saturated rings. The maximum Gasteiger partial charge on any atom is 0.254 e. The Labute approximate surface area is 240 Å². The number of amidine groups is 1. The number of halogens is 1. The molecule has 0 saturated carbocycles. The van der Waals surface area contributed by atoms with Gasteiger partial charge in [0, 0.05) is 61.1 Å². The molecule has 2 amide bonds. The topological polar surface area (TPSA) is 81.8 Å². The number of rotatable bonds is 6. The van der Waals surface area contributed by atoms with E-state index in [0.717, 1.165) is 34.5 Å². The Kier molecular flexibility index (Phi) is 8.01. The second-order valence-corrected chi connectivity index (χ2v) is 10.9. The number of nitrogens with zero attached hydrogens (tertiary/aromatic N) is 4. The van der Waals surface area contributed by atoms with Crippen LogP contribution in [0.1, 0.15) is 54.2 Å². The van der Waals surface area contributed by atoms with E-state index in [1.807, 2.05) is 72.7 Å². The van der Waals surface area contributed by atoms with Gasteiger partial charge >= 0.3 is 0 Å². The number of amides is 2. The number of benzene rings is 2. The van der Waals surface area contributed by atoms with Gasteiger partial charge in [-0.2, -0.15) is 0 Å². The van der Waals surface area contributed by atoms with E-state index in [9.17, 15) is 14.0 Å². The number of fused-ring (bicyclic) bond motifs is 1. The zero-order valence-electron chi connectivity index (χ0n) is 24.1. The van der Waals surface area contributed by atoms with Gasteiger partial charge in [0.25, 0.3) is 5.91 Å². The first-order valence-corrected chi connectivity index (χ1v) is 14.2. The molecule has 4 aromatic rings. The van der Waals surface area contributed by atoms with Gasteiger partial charge in [-0.15, -0.1) is 0 Å². The molecule has 7 nitrogen and oxygen atoms in total. The lowest BCUT2D eigenvalue weighted by atomic mass is 9.94. The fraction of sp³-hybridized carbons (Fsp3) is 0.333. The fourth-order valence-electron chi connectivity index (χ4n) is 5.65. The Morgan fingerprint density at radius 3 is 2.41 bits per heavy atom. The number of hydrogen-bond donors (Lipinski definition) is 1. The SMILES string of the molecule is CCCC(=O)N(C)C(=N)C1CCN(C(=O)c2ccn3c(C)c(-c4ccccc4-c4ccc(C)cc4F)nc3c2)CC1. The number of likely N-dealkylation sites (tertiary alicyclic amines) is 1. The quantitative estimate of drug-likeness (QED) is 0.218. The lowest BCUT2D eigenvalue weighted by molar-refractivity contribution is -0.126. The van der Waals surface area contributed by atoms with Crippen LogP contribution in [0.25, 0.3) is 28.0 Å². The van der Waals surface area contributed by atoms with Crippen molar-refractivity contribution in [1.29, 1.82) is 5.41 Å². The lowest BCUT2D eigenvalue weighted by Crippen LogP contribution is -2.44. The molecule has 2 aromatic heterocycles. The molecular weight excluding hydrogens is 517 g/mol. The number of piperidine rings is 1. The number of carbonyl (C=O) groups is 2. The van der Waals surface area contributed by atoms with Crippen molar-refractivity contribution < 1.29 is 14.0 Å². The van der Waals surface area contributed by atoms with E-state index in [-0.39, 0.29) is 23.5 Å². The van der Waals surface area contributed by atoms with E-state index in [1.54, 1.807) is 19.2 Å². The first-order valence-electron chi connectivity index (χ1n) is 14.2. The molecule has 212 valence electrons. The Morgan fingerprint density at radius 1 is 1.02 bits per heavy atom. The van der Waals surface area contributed by atoms with Crippen LogP contribution >= 0.6 is 0 Å². The van der Waals surface area contributed by atoms with Crippen molar-refractivity contribution in [3.8, 4) is 22.4 Å². The van der Waals surface area contributed by atoms with Gasteiger partial charge < -0.3 is 14.2 Å². The van der Waals surface area contributed by atoms with E-state index >= 15 is 0 Å². The van der Waals surface area contributed by atoms with Crippen LogP contribution in [0.2, 0.25) is 0 Å². The van der Waals surface area contributed by atoms with Crippen molar-refractivity contribution >= 4 is 23.3 Å². The number of hydrogen-bond acceptors (Lipinski definition) is 4. The number of nitrogens with one attached hydrogen (secondary N) is 1. The molecule has 8 heteroatoms. The third-order valence-electron chi connectivity index (χ3n) is 8.08. The molecule has 1 aliphatic heterocycles. The predicted molar refractivity (Wildman–Crippen MR) is 160 cm³/mol. The molecule has 1 N–H and O–H groups in total. The van der Waals surface area contributed by atoms with Crippen molar-refractivity contribution in [2.75, 3.05) is 20.1 Å². The summed E-state index contributed by atoms with van der Waals surface area (Å²) in [6.07, 6.45) is 4.34. The highest BCUT2D eigenvalue weighted by molar-refractivity contribution is 5.98. The number of aromatic nitrogens is 2. The molecule has 0 bridgehead atoms. The molecule has 0 atom stereocenters. The molecule has 3 heterocycles. The summed E-state index contributed by atoms with van der Waals surface area (Å²) in [6, 6.07) is 16.5. The highest BCUT2D eigenvalue weighted by Gasteiger charge is 2.29. The second kappa shape index (κ2) is 11.6. The average Bonchev–Trinajstić information content (AvgIpc) is 3.31. The summed E-state index contributed by atoms with van der Waals surface area (Å²) in [5, 5.41) is 8.48. The first kappa shape index (κ1) is 28.2. The summed E-state index contributed by atoms with van der Waals surface area (Å²) in [4.78, 5) is 33.8. The second-order valence-electron chi connectivity index (χ2n) is 10.9. The van der Waals surface area contributed by atoms with E-state index in [1.165, 1.54) is 11.0 Å². The smallest absolute Gasteiger partial charge is 0.254 e. The van der Waals surface area contributed by atoms with Crippen LogP contribution in [0.3, 0.4) is 0 Å². The number of aryl methyl sites for hydroxylation is 2. The molecule has 2 aromatic carbocycles. The lowest BCUT2D eigenvalue weighted by Gasteiger charge is -2.34. The molecule has 1 aliphatic rings. The Bertz CT molecular complexity index is 1630. The summed E-state index contributed by atoms with van der Waals surface area (Å²) in [6.45, 7) is 6.85. The highest BCUT2D eigenvalue weighted by atomic mass is 19.1. The van der Waals surface area contributed by atoms with Gasteiger partial charge in [0.05, 0.1) is 5.69 Å². The minimum atomic E-state index is -0.273. The van der Waals surface area contributed by atoms with Gasteiger partial charge in [-0.25, -0.2) is 9.37 Å². The third kappa shape index (κ3) is 5.51. The van der Waals surface area contributed by atoms with Crippen LogP contribution in [0.15, 0.2) is 60.8 Å². The summed E-state index contributed by atoms with van der Waals surface area (Å²) in [7, 11) is 1.67. The Balaban J connectivity index is 1.36. The molecule has 5 rings (SSSR count). The molecule has 0 aliphatic carbocycles. The highest BCUT2D eigenvalue weighted by Crippen LogP contribution is 2.35. The van der Waals surface area contributed by atoms with Gasteiger partial charge in [0.2, 0.25) is 5.91 Å². The minimum absolute atomic E-state index is 0.0368. The zero-order chi connectivity index (χ0) is 29.3. The van der Waals surface area contributed by atoms with Crippen LogP contribution in [-0.4, -0.2) is 57.0 Å². The van der Waals surface area contributed by atoms with Crippen molar-refractivity contribution in [2.45, 2.75) is 46.5 Å². The summed E-state index contributed by atoms with van der Waals surface area (Å²) in [5.41, 5.74) is 5.83. The summed E-state index contributed by atoms with van der Waals surface area (Å²) >= 11 is 0. The van der Waals surface area contributed by atoms with Crippen LogP contribution in [0.4, 0.5) is 4.39 Å². The standard InChI is InChI=1S/C33H36FN5O2/c1-5-8-30(40)37(4)32(35)23-13-16-38(17-14-23)33(41)24-15-18-39-22(3)31(36-29(39)20-24)27-10-7-6-9-25(27)26-12-11-21(2)19-28(26)34/h6-7,9-12,15,18-20,23,35H,5,8,13-14,16-17H2,1-4H3. The maximum atomic E-state index is 14.9. The number of pyridine rings is 1. The van der Waals surface area contributed by atoms with E-state index < -0.39 is 0 Å². The minimum Gasteiger partial charge on any atom is -0.339 e. The molecule has 41 heavy (non-hydrogen) atoms. The summed E-state index contributed by atoms with van der Waals surface area (Å²) < 4.78 is 16.9. The van der Waals surface area contributed by atoms with Gasteiger partial charge in [-0.05, 0) is 62.4 Å². The van der Waals surface area contributed by atoms with Crippen LogP contribution in [-0.2, 0) is 4.79 Å². The van der Waals surface area contributed by atoms with Crippen LogP contribution in [0.5, 0.6) is 0 Å². The molecule has 1 saturated heterocycles. The predicted octanol–water partition coefficient (Wildman–Crippen LogP) is 6.51. The van der Waals surface area contributed by atoms with Crippen molar-refractivity contribution in [3.05, 3.63) is 83.4 Å². The Morgan fingerprint density at radius 2 is 1.73 bits per heavy atom. The molecule has 0 radical (unpaired) electrons. The normalized spacial score (nSPS) is 13.9. The molecular formula is C33H36FN5O2. The number of carbonyl (C=O) groups excluding carboxylic acids is 2. The fourth-order valence-corrected chi connectivity index (χ4v) is 5.65. The van der Waals surface area contributed by atoms with Crippen LogP contribution < -0.4 is 0 Å². The van der Waals surface area contributed by atoms with E-state index in [2.05, 4.69) is 0 Å². The number of imidazole rings is 1. The van der Waals surface area contributed by atoms with Gasteiger partial charge in [-0.3, -0.25) is 15.0 Å². The van der Waals surface area contributed by atoms with E-state index in [4.69, 9.17) is 10.4 Å². The van der Waals surface area contributed by atoms with Gasteiger partial charge in [0.15, 0.2) is 0 Å². The summed E-state index contributed by atoms with van der Waals surface area (Å²) in [5.74, 6) is -0.0844. The van der Waals surface area contributed by atoms with Crippen molar-refractivity contribution in [2.24, 2.45) is 5.92 Å². The van der Waals surface area contributed by atoms with Gasteiger partial charge in [0.1, 0.15) is 17.3 Å². The van der Waals surface area contributed by atoms with E-state index in [0.29, 0.717) is 55.0 Å². The van der Waals surface area contributed by atoms with Crippen molar-refractivity contribution in [3.63, 3.8) is 0 Å². The zero-order valence-corrected chi connectivity index (χ0v) is 24.1. The van der Waals surface area contributed by atoms with Crippen LogP contribution in [0, 0.1) is 31.0 Å². The maximum absolute atomic E-state index is 14.9. The molecule has 0 unspecified atom stereocenters. The molecule has 0 spiro atoms. The first-order chi connectivity index (χ1) is 19.7. The third-order valence-corrected chi connectivity index (χ3v) is 8.08. The Hall–Kier alpha value is -4.33. The largest absolute Gasteiger partial charge is 0.339 e. The monoisotopic (exact) mass is 553 g/mol. The van der Waals surface area contributed by atoms with Crippen molar-refractivity contribution in [1.82, 2.24) is 19.2 Å².